The monoisotopic (exact) mass is 508 g/mol. The Balaban J connectivity index is 1.83. The number of epoxide rings is 1. The van der Waals surface area contributed by atoms with Gasteiger partial charge in [-0.3, -0.25) is 14.4 Å². The summed E-state index contributed by atoms with van der Waals surface area (Å²) in [6, 6.07) is 12.6. The van der Waals surface area contributed by atoms with Crippen LogP contribution in [0.4, 0.5) is 13.2 Å². The molecule has 2 aromatic rings. The molecule has 0 aromatic heterocycles. The van der Waals surface area contributed by atoms with Crippen LogP contribution in [-0.2, 0) is 32.0 Å². The molecule has 4 atom stereocenters. The Morgan fingerprint density at radius 1 is 1.00 bits per heavy atom. The number of ketones is 1. The zero-order valence-electron chi connectivity index (χ0n) is 19.7. The molecule has 0 aliphatic carbocycles. The summed E-state index contributed by atoms with van der Waals surface area (Å²) in [6.45, 7) is 0.511. The van der Waals surface area contributed by atoms with Crippen LogP contribution in [0.2, 0.25) is 0 Å². The summed E-state index contributed by atoms with van der Waals surface area (Å²) in [5.74, 6) is -2.54. The first-order valence-electron chi connectivity index (χ1n) is 11.1. The lowest BCUT2D eigenvalue weighted by atomic mass is 9.98. The molecule has 1 aliphatic heterocycles. The maximum absolute atomic E-state index is 13.2. The van der Waals surface area contributed by atoms with Gasteiger partial charge in [0.25, 0.3) is 5.91 Å². The number of amides is 2. The number of rotatable bonds is 11. The third kappa shape index (κ3) is 6.82. The molecule has 1 saturated heterocycles. The lowest BCUT2D eigenvalue weighted by Gasteiger charge is -2.28. The second-order valence-corrected chi connectivity index (χ2v) is 8.62. The highest BCUT2D eigenvalue weighted by molar-refractivity contribution is 5.96. The summed E-state index contributed by atoms with van der Waals surface area (Å²) >= 11 is 0. The van der Waals surface area contributed by atoms with Crippen LogP contribution in [0.25, 0.3) is 0 Å². The number of aliphatic hydroxyl groups is 1. The van der Waals surface area contributed by atoms with Crippen molar-refractivity contribution in [2.24, 2.45) is 0 Å². The fraction of sp³-hybridized carbons (Fsp3) is 0.400. The van der Waals surface area contributed by atoms with Crippen LogP contribution < -0.4 is 15.4 Å². The van der Waals surface area contributed by atoms with Gasteiger partial charge in [0.2, 0.25) is 11.5 Å². The van der Waals surface area contributed by atoms with Crippen LogP contribution in [0.5, 0.6) is 5.75 Å². The summed E-state index contributed by atoms with van der Waals surface area (Å²) in [4.78, 5) is 38.4. The van der Waals surface area contributed by atoms with Crippen LogP contribution in [0.15, 0.2) is 54.6 Å². The van der Waals surface area contributed by atoms with Gasteiger partial charge in [-0.2, -0.15) is 13.2 Å². The highest BCUT2D eigenvalue weighted by Crippen LogP contribution is 2.30. The van der Waals surface area contributed by atoms with Crippen molar-refractivity contribution in [2.75, 3.05) is 13.7 Å². The van der Waals surface area contributed by atoms with E-state index in [1.54, 1.807) is 54.6 Å². The predicted molar refractivity (Wildman–Crippen MR) is 122 cm³/mol. The number of carbonyl (C=O) groups excluding carboxylic acids is 3. The first kappa shape index (κ1) is 27.2. The van der Waals surface area contributed by atoms with Crippen molar-refractivity contribution in [1.82, 2.24) is 10.6 Å². The molecule has 11 heteroatoms. The van der Waals surface area contributed by atoms with E-state index in [-0.39, 0.29) is 25.2 Å². The second-order valence-electron chi connectivity index (χ2n) is 8.62. The van der Waals surface area contributed by atoms with Crippen molar-refractivity contribution in [1.29, 1.82) is 0 Å². The molecule has 194 valence electrons. The number of nitrogens with one attached hydrogen (secondary N) is 2. The highest BCUT2D eigenvalue weighted by atomic mass is 19.4. The number of halogens is 3. The third-order valence-electron chi connectivity index (χ3n) is 5.81. The summed E-state index contributed by atoms with van der Waals surface area (Å²) in [7, 11) is 1.46. The quantitative estimate of drug-likeness (QED) is 0.398. The summed E-state index contributed by atoms with van der Waals surface area (Å²) in [6.07, 6.45) is -6.04. The zero-order chi connectivity index (χ0) is 26.5. The van der Waals surface area contributed by atoms with Crippen LogP contribution in [-0.4, -0.2) is 66.4 Å². The molecule has 0 saturated carbocycles. The molecule has 2 amide bonds. The van der Waals surface area contributed by atoms with E-state index >= 15 is 0 Å². The molecule has 36 heavy (non-hydrogen) atoms. The molecule has 0 bridgehead atoms. The van der Waals surface area contributed by atoms with E-state index in [2.05, 4.69) is 5.32 Å². The Labute approximate surface area is 205 Å². The molecular weight excluding hydrogens is 481 g/mol. The molecular formula is C25H27F3N2O6. The summed E-state index contributed by atoms with van der Waals surface area (Å²) in [5.41, 5.74) is -2.49. The molecule has 2 aromatic carbocycles. The number of benzene rings is 2. The average Bonchev–Trinajstić information content (AvgIpc) is 3.68. The van der Waals surface area contributed by atoms with Crippen LogP contribution in [0.3, 0.4) is 0 Å². The van der Waals surface area contributed by atoms with Crippen molar-refractivity contribution in [2.45, 2.75) is 49.7 Å². The topological polar surface area (TPSA) is 117 Å². The Hall–Kier alpha value is -3.44. The molecule has 3 N–H and O–H groups in total. The average molecular weight is 508 g/mol. The van der Waals surface area contributed by atoms with Crippen molar-refractivity contribution in [3.05, 3.63) is 65.7 Å². The zero-order valence-corrected chi connectivity index (χ0v) is 19.7. The first-order chi connectivity index (χ1) is 16.9. The van der Waals surface area contributed by atoms with Crippen LogP contribution in [0.1, 0.15) is 18.1 Å². The highest BCUT2D eigenvalue weighted by Gasteiger charge is 2.56. The molecule has 0 unspecified atom stereocenters. The second kappa shape index (κ2) is 11.1. The van der Waals surface area contributed by atoms with E-state index in [9.17, 15) is 32.7 Å². The van der Waals surface area contributed by atoms with Gasteiger partial charge in [-0.25, -0.2) is 0 Å². The van der Waals surface area contributed by atoms with E-state index in [0.717, 1.165) is 5.56 Å². The van der Waals surface area contributed by atoms with Gasteiger partial charge in [0.05, 0.1) is 19.8 Å². The number of methoxy groups -OCH3 is 1. The molecule has 0 radical (unpaired) electrons. The van der Waals surface area contributed by atoms with Crippen LogP contribution >= 0.6 is 0 Å². The van der Waals surface area contributed by atoms with E-state index in [0.29, 0.717) is 18.2 Å². The normalized spacial score (nSPS) is 18.3. The van der Waals surface area contributed by atoms with Gasteiger partial charge < -0.3 is 25.2 Å². The van der Waals surface area contributed by atoms with Crippen molar-refractivity contribution in [3.63, 3.8) is 0 Å². The Morgan fingerprint density at radius 2 is 1.56 bits per heavy atom. The fourth-order valence-corrected chi connectivity index (χ4v) is 3.42. The van der Waals surface area contributed by atoms with E-state index < -0.39 is 41.8 Å². The maximum Gasteiger partial charge on any atom is 0.426 e. The minimum atomic E-state index is -5.27. The minimum absolute atomic E-state index is 0.120. The Morgan fingerprint density at radius 3 is 2.08 bits per heavy atom. The molecule has 3 rings (SSSR count). The minimum Gasteiger partial charge on any atom is -0.497 e. The van der Waals surface area contributed by atoms with Gasteiger partial charge in [-0.05, 0) is 36.6 Å². The Bertz CT molecular complexity index is 1070. The van der Waals surface area contributed by atoms with E-state index in [4.69, 9.17) is 9.47 Å². The number of carbonyl (C=O) groups is 3. The molecule has 1 aliphatic rings. The largest absolute Gasteiger partial charge is 0.497 e. The fourth-order valence-electron chi connectivity index (χ4n) is 3.42. The van der Waals surface area contributed by atoms with Crippen LogP contribution in [0, 0.1) is 0 Å². The van der Waals surface area contributed by atoms with Crippen molar-refractivity contribution >= 4 is 17.6 Å². The molecule has 8 nitrogen and oxygen atoms in total. The summed E-state index contributed by atoms with van der Waals surface area (Å²) in [5, 5.41) is 14.3. The standard InChI is InChI=1S/C25H27F3N2O6/c1-24(34,25(26,27)28)23(33)30-19(13-16-8-10-17(35-2)11-9-16)22(32)29-18(21(31)20-14-36-20)12-15-6-4-3-5-7-15/h3-11,18-20,34H,12-14H2,1-2H3,(H,29,32)(H,30,33)/t18-,19-,20+,24+/m0/s1. The van der Waals surface area contributed by atoms with Gasteiger partial charge in [-0.15, -0.1) is 0 Å². The number of hydrogen-bond donors (Lipinski definition) is 3. The SMILES string of the molecule is COc1ccc(C[C@H](NC(=O)[C@@](C)(O)C(F)(F)F)C(=O)N[C@@H](Cc2ccccc2)C(=O)[C@H]2CO2)cc1. The van der Waals surface area contributed by atoms with Gasteiger partial charge in [0.1, 0.15) is 17.9 Å². The van der Waals surface area contributed by atoms with Crippen molar-refractivity contribution < 1.29 is 42.1 Å². The third-order valence-corrected chi connectivity index (χ3v) is 5.81. The number of alkyl halides is 3. The molecule has 0 spiro atoms. The Kier molecular flexibility index (Phi) is 8.36. The van der Waals surface area contributed by atoms with E-state index in [1.165, 1.54) is 7.11 Å². The van der Waals surface area contributed by atoms with Gasteiger partial charge in [-0.1, -0.05) is 42.5 Å². The van der Waals surface area contributed by atoms with Gasteiger partial charge >= 0.3 is 6.18 Å². The first-order valence-corrected chi connectivity index (χ1v) is 11.1. The maximum atomic E-state index is 13.2. The van der Waals surface area contributed by atoms with Gasteiger partial charge in [0, 0.05) is 6.42 Å². The van der Waals surface area contributed by atoms with Gasteiger partial charge in [0.15, 0.2) is 5.78 Å². The van der Waals surface area contributed by atoms with E-state index in [1.807, 2.05) is 5.32 Å². The predicted octanol–water partition coefficient (Wildman–Crippen LogP) is 1.73. The lowest BCUT2D eigenvalue weighted by molar-refractivity contribution is -0.245. The molecule has 1 fully saturated rings. The lowest BCUT2D eigenvalue weighted by Crippen LogP contribution is -2.60. The summed E-state index contributed by atoms with van der Waals surface area (Å²) < 4.78 is 49.8. The molecule has 1 heterocycles. The number of Topliss-reactive ketones (excluding diaryl/α,β-unsaturated/α-hetero) is 1. The van der Waals surface area contributed by atoms with Crippen molar-refractivity contribution in [3.8, 4) is 5.75 Å². The number of ether oxygens (including phenoxy) is 2. The number of hydrogen-bond acceptors (Lipinski definition) is 6. The smallest absolute Gasteiger partial charge is 0.426 e.